The molecule has 0 aromatic carbocycles. The standard InChI is InChI=1S/C8ClF15O3S/c9-7(21,22)5(18,19)3(14,15)1(10,11)2(12,13)4(16,17)6(20)8(23,24)27-28(6,25)26. The Kier molecular flexibility index (Phi) is 5.07. The maximum atomic E-state index is 13.6. The SMILES string of the molecule is O=S1(=O)OC(F)(F)C1(F)C(F)(F)C(F)(F)C(F)(F)C(F)(F)C(F)(F)C(F)(F)Cl. The second-order valence-corrected chi connectivity index (χ2v) is 7.13. The van der Waals surface area contributed by atoms with E-state index >= 15 is 0 Å². The molecule has 1 saturated heterocycles. The van der Waals surface area contributed by atoms with Crippen LogP contribution in [-0.4, -0.2) is 54.5 Å². The highest BCUT2D eigenvalue weighted by Gasteiger charge is 3.00. The smallest absolute Gasteiger partial charge is 0.206 e. The molecule has 0 bridgehead atoms. The van der Waals surface area contributed by atoms with E-state index in [0.717, 1.165) is 0 Å². The first-order valence-corrected chi connectivity index (χ1v) is 7.47. The van der Waals surface area contributed by atoms with E-state index in [1.807, 2.05) is 0 Å². The number of hydrogen-bond acceptors (Lipinski definition) is 3. The van der Waals surface area contributed by atoms with Crippen molar-refractivity contribution in [1.82, 2.24) is 0 Å². The summed E-state index contributed by atoms with van der Waals surface area (Å²) < 4.78 is 218. The third-order valence-corrected chi connectivity index (χ3v) is 5.12. The quantitative estimate of drug-likeness (QED) is 0.306. The first-order chi connectivity index (χ1) is 11.7. The topological polar surface area (TPSA) is 43.4 Å². The Bertz CT molecular complexity index is 756. The van der Waals surface area contributed by atoms with Gasteiger partial charge in [-0.2, -0.15) is 74.1 Å². The van der Waals surface area contributed by atoms with E-state index in [0.29, 0.717) is 0 Å². The molecule has 1 unspecified atom stereocenters. The largest absolute Gasteiger partial charge is 0.427 e. The van der Waals surface area contributed by atoms with Crippen LogP contribution in [0.1, 0.15) is 0 Å². The van der Waals surface area contributed by atoms with Crippen LogP contribution in [0, 0.1) is 0 Å². The van der Waals surface area contributed by atoms with Crippen LogP contribution < -0.4 is 0 Å². The Labute approximate surface area is 147 Å². The maximum absolute atomic E-state index is 13.6. The fourth-order valence-electron chi connectivity index (χ4n) is 1.67. The van der Waals surface area contributed by atoms with Crippen molar-refractivity contribution in [2.45, 2.75) is 46.1 Å². The highest BCUT2D eigenvalue weighted by atomic mass is 35.5. The van der Waals surface area contributed by atoms with Gasteiger partial charge in [-0.3, -0.25) is 0 Å². The fraction of sp³-hybridized carbons (Fsp3) is 1.00. The summed E-state index contributed by atoms with van der Waals surface area (Å²) in [5, 5.41) is -14.0. The zero-order valence-corrected chi connectivity index (χ0v) is 13.3. The molecule has 28 heavy (non-hydrogen) atoms. The van der Waals surface area contributed by atoms with Crippen molar-refractivity contribution in [3.8, 4) is 0 Å². The number of rotatable bonds is 6. The van der Waals surface area contributed by atoms with E-state index in [-0.39, 0.29) is 0 Å². The lowest BCUT2D eigenvalue weighted by Crippen LogP contribution is -2.81. The lowest BCUT2D eigenvalue weighted by molar-refractivity contribution is -0.443. The molecule has 0 aliphatic carbocycles. The number of alkyl halides is 16. The van der Waals surface area contributed by atoms with Crippen molar-refractivity contribution < 1.29 is 78.5 Å². The van der Waals surface area contributed by atoms with Crippen molar-refractivity contribution in [3.05, 3.63) is 0 Å². The normalized spacial score (nSPS) is 26.7. The Morgan fingerprint density at radius 1 is 0.643 bits per heavy atom. The van der Waals surface area contributed by atoms with Gasteiger partial charge in [-0.15, -0.1) is 0 Å². The van der Waals surface area contributed by atoms with Gasteiger partial charge in [-0.1, -0.05) is 0 Å². The molecular formula is C8ClF15O3S. The lowest BCUT2D eigenvalue weighted by atomic mass is 9.91. The van der Waals surface area contributed by atoms with E-state index in [4.69, 9.17) is 0 Å². The molecule has 0 saturated carbocycles. The number of halogens is 16. The van der Waals surface area contributed by atoms with Crippen molar-refractivity contribution in [2.24, 2.45) is 0 Å². The molecule has 1 fully saturated rings. The second kappa shape index (κ2) is 5.64. The Balaban J connectivity index is 3.73. The van der Waals surface area contributed by atoms with Crippen molar-refractivity contribution >= 4 is 21.7 Å². The van der Waals surface area contributed by atoms with E-state index in [2.05, 4.69) is 15.8 Å². The van der Waals surface area contributed by atoms with Gasteiger partial charge in [-0.05, 0) is 11.6 Å². The van der Waals surface area contributed by atoms with Crippen molar-refractivity contribution in [3.63, 3.8) is 0 Å². The van der Waals surface area contributed by atoms with Crippen LogP contribution in [0.3, 0.4) is 0 Å². The van der Waals surface area contributed by atoms with E-state index in [1.165, 1.54) is 0 Å². The molecule has 3 nitrogen and oxygen atoms in total. The molecule has 0 N–H and O–H groups in total. The zero-order chi connectivity index (χ0) is 23.2. The maximum Gasteiger partial charge on any atom is 0.427 e. The second-order valence-electron chi connectivity index (χ2n) is 5.02. The number of hydrogen-bond donors (Lipinski definition) is 0. The van der Waals surface area contributed by atoms with E-state index < -0.39 is 56.2 Å². The predicted octanol–water partition coefficient (Wildman–Crippen LogP) is 4.61. The molecule has 0 aromatic heterocycles. The summed E-state index contributed by atoms with van der Waals surface area (Å²) in [5.41, 5.74) is 0. The minimum atomic E-state index is -8.48. The van der Waals surface area contributed by atoms with Gasteiger partial charge in [0.2, 0.25) is 0 Å². The Morgan fingerprint density at radius 2 is 0.964 bits per heavy atom. The van der Waals surface area contributed by atoms with Gasteiger partial charge in [0, 0.05) is 0 Å². The van der Waals surface area contributed by atoms with Crippen LogP contribution in [-0.2, 0) is 14.3 Å². The molecule has 0 amide bonds. The summed E-state index contributed by atoms with van der Waals surface area (Å²) in [6.45, 7) is 0. The van der Waals surface area contributed by atoms with Crippen LogP contribution in [0.2, 0.25) is 0 Å². The molecule has 1 aliphatic heterocycles. The molecule has 1 aliphatic rings. The molecule has 0 aromatic rings. The van der Waals surface area contributed by atoms with Gasteiger partial charge in [0.25, 0.3) is 0 Å². The van der Waals surface area contributed by atoms with Crippen molar-refractivity contribution in [1.29, 1.82) is 0 Å². The van der Waals surface area contributed by atoms with E-state index in [1.54, 1.807) is 0 Å². The van der Waals surface area contributed by atoms with Crippen LogP contribution in [0.15, 0.2) is 0 Å². The summed E-state index contributed by atoms with van der Waals surface area (Å²) in [6, 6.07) is 0. The summed E-state index contributed by atoms with van der Waals surface area (Å²) >= 11 is 3.36. The predicted molar refractivity (Wildman–Crippen MR) is 54.3 cm³/mol. The average Bonchev–Trinajstić information content (AvgIpc) is 2.42. The third kappa shape index (κ3) is 2.46. The van der Waals surface area contributed by atoms with Gasteiger partial charge in [0.15, 0.2) is 0 Å². The average molecular weight is 497 g/mol. The molecule has 168 valence electrons. The zero-order valence-electron chi connectivity index (χ0n) is 11.7. The van der Waals surface area contributed by atoms with Gasteiger partial charge < -0.3 is 0 Å². The monoisotopic (exact) mass is 496 g/mol. The Hall–Kier alpha value is -0.850. The van der Waals surface area contributed by atoms with Crippen LogP contribution in [0.5, 0.6) is 0 Å². The molecular weight excluding hydrogens is 497 g/mol. The molecule has 1 rings (SSSR count). The van der Waals surface area contributed by atoms with Crippen LogP contribution in [0.25, 0.3) is 0 Å². The molecule has 1 atom stereocenters. The first kappa shape index (κ1) is 25.2. The van der Waals surface area contributed by atoms with Gasteiger partial charge in [0.05, 0.1) is 0 Å². The fourth-order valence-corrected chi connectivity index (χ4v) is 2.95. The summed E-state index contributed by atoms with van der Waals surface area (Å²) in [6.07, 6.45) is -6.57. The van der Waals surface area contributed by atoms with E-state index in [9.17, 15) is 74.3 Å². The molecule has 0 spiro atoms. The minimum absolute atomic E-state index is 2.16. The molecule has 0 radical (unpaired) electrons. The Morgan fingerprint density at radius 3 is 1.21 bits per heavy atom. The minimum Gasteiger partial charge on any atom is -0.206 e. The first-order valence-electron chi connectivity index (χ1n) is 5.68. The highest BCUT2D eigenvalue weighted by molar-refractivity contribution is 7.89. The summed E-state index contributed by atoms with van der Waals surface area (Å²) in [4.78, 5) is 0. The van der Waals surface area contributed by atoms with Gasteiger partial charge in [-0.25, -0.2) is 4.39 Å². The molecule has 20 heteroatoms. The van der Waals surface area contributed by atoms with Crippen LogP contribution in [0.4, 0.5) is 65.9 Å². The lowest BCUT2D eigenvalue weighted by Gasteiger charge is -2.48. The highest BCUT2D eigenvalue weighted by Crippen LogP contribution is 2.67. The molecule has 1 heterocycles. The van der Waals surface area contributed by atoms with Gasteiger partial charge in [0.1, 0.15) is 0 Å². The summed E-state index contributed by atoms with van der Waals surface area (Å²) in [5.74, 6) is -41.1. The summed E-state index contributed by atoms with van der Waals surface area (Å²) in [7, 11) is -7.23. The van der Waals surface area contributed by atoms with Crippen LogP contribution >= 0.6 is 11.6 Å². The van der Waals surface area contributed by atoms with Gasteiger partial charge >= 0.3 is 56.2 Å². The third-order valence-electron chi connectivity index (χ3n) is 3.27. The van der Waals surface area contributed by atoms with Crippen molar-refractivity contribution in [2.75, 3.05) is 0 Å².